The van der Waals surface area contributed by atoms with Gasteiger partial charge in [0.15, 0.2) is 10.8 Å². The number of hydrogen-bond acceptors (Lipinski definition) is 9. The summed E-state index contributed by atoms with van der Waals surface area (Å²) in [7, 11) is 1.96. The fourth-order valence-electron chi connectivity index (χ4n) is 4.37. The number of anilines is 2. The van der Waals surface area contributed by atoms with Crippen molar-refractivity contribution >= 4 is 34.6 Å². The van der Waals surface area contributed by atoms with E-state index in [1.807, 2.05) is 22.7 Å². The molecule has 3 aromatic rings. The Morgan fingerprint density at radius 2 is 2.08 bits per heavy atom. The van der Waals surface area contributed by atoms with E-state index in [0.717, 1.165) is 42.8 Å². The van der Waals surface area contributed by atoms with Crippen molar-refractivity contribution in [2.45, 2.75) is 37.6 Å². The molecule has 3 N–H and O–H groups in total. The average molecular weight is 503 g/mol. The number of aromatic nitrogens is 4. The second-order valence-corrected chi connectivity index (χ2v) is 10.4. The average Bonchev–Trinajstić information content (AvgIpc) is 3.79. The standard InChI is InChI=1S/C24H26N10OS/c1-32(16-4-5-16)22(31-26)24-30-21(12-36-24)29-23(35)17-6-19(34-11-18(28-13-34)15-2-3-15)20(8-27-17)33-9-14(7-25)10-33/h6,8,11-16H,2-5,9-10,26H2,1H3,(H,29,35). The molecule has 36 heavy (non-hydrogen) atoms. The number of nitriles is 1. The molecule has 0 atom stereocenters. The van der Waals surface area contributed by atoms with Gasteiger partial charge in [-0.25, -0.2) is 15.0 Å². The fourth-order valence-corrected chi connectivity index (χ4v) is 5.16. The lowest BCUT2D eigenvalue weighted by atomic mass is 10.0. The minimum absolute atomic E-state index is 0.00501. The number of hydrogen-bond donors (Lipinski definition) is 2. The first-order valence-electron chi connectivity index (χ1n) is 12.0. The van der Waals surface area contributed by atoms with Gasteiger partial charge < -0.3 is 25.5 Å². The molecule has 1 saturated heterocycles. The molecular weight excluding hydrogens is 476 g/mol. The van der Waals surface area contributed by atoms with E-state index in [1.54, 1.807) is 24.0 Å². The molecule has 2 saturated carbocycles. The number of nitrogens with zero attached hydrogens (tertiary/aromatic N) is 8. The molecule has 3 aromatic heterocycles. The van der Waals surface area contributed by atoms with E-state index in [2.05, 4.69) is 36.3 Å². The summed E-state index contributed by atoms with van der Waals surface area (Å²) in [5, 5.41) is 18.4. The third-order valence-electron chi connectivity index (χ3n) is 6.86. The molecule has 4 heterocycles. The molecule has 0 aromatic carbocycles. The van der Waals surface area contributed by atoms with Gasteiger partial charge in [0.25, 0.3) is 5.91 Å². The largest absolute Gasteiger partial charge is 0.366 e. The zero-order valence-electron chi connectivity index (χ0n) is 19.8. The highest BCUT2D eigenvalue weighted by atomic mass is 32.1. The maximum atomic E-state index is 13.1. The maximum Gasteiger partial charge on any atom is 0.275 e. The van der Waals surface area contributed by atoms with Crippen molar-refractivity contribution in [1.29, 1.82) is 5.26 Å². The lowest BCUT2D eigenvalue weighted by Crippen LogP contribution is -2.46. The molecule has 184 valence electrons. The summed E-state index contributed by atoms with van der Waals surface area (Å²) in [5.74, 6) is 6.84. The summed E-state index contributed by atoms with van der Waals surface area (Å²) in [5.41, 5.74) is 3.02. The van der Waals surface area contributed by atoms with Gasteiger partial charge in [0, 0.05) is 43.7 Å². The second-order valence-electron chi connectivity index (χ2n) is 9.56. The van der Waals surface area contributed by atoms with E-state index in [4.69, 9.17) is 5.84 Å². The van der Waals surface area contributed by atoms with E-state index >= 15 is 0 Å². The Bertz CT molecular complexity index is 1370. The summed E-state index contributed by atoms with van der Waals surface area (Å²) in [6.45, 7) is 1.28. The van der Waals surface area contributed by atoms with Gasteiger partial charge >= 0.3 is 0 Å². The Labute approximate surface area is 212 Å². The number of rotatable bonds is 7. The predicted octanol–water partition coefficient (Wildman–Crippen LogP) is 2.53. The number of amides is 1. The van der Waals surface area contributed by atoms with Crippen LogP contribution in [0.4, 0.5) is 11.5 Å². The first-order valence-corrected chi connectivity index (χ1v) is 12.9. The SMILES string of the molecule is CN(C(=NN)c1nc(NC(=O)c2cc(-n3cnc(C4CC4)c3)c(N3CC(C#N)C3)cn2)cs1)C1CC1. The number of carbonyl (C=O) groups is 1. The van der Waals surface area contributed by atoms with Gasteiger partial charge in [-0.1, -0.05) is 0 Å². The Morgan fingerprint density at radius 1 is 1.28 bits per heavy atom. The van der Waals surface area contributed by atoms with Crippen molar-refractivity contribution < 1.29 is 4.79 Å². The van der Waals surface area contributed by atoms with Gasteiger partial charge in [0.1, 0.15) is 11.5 Å². The normalized spacial score (nSPS) is 18.0. The molecular formula is C24H26N10OS. The fraction of sp³-hybridized carbons (Fsp3) is 0.417. The Morgan fingerprint density at radius 3 is 2.78 bits per heavy atom. The highest BCUT2D eigenvalue weighted by Crippen LogP contribution is 2.40. The Hall–Kier alpha value is -3.98. The highest BCUT2D eigenvalue weighted by Gasteiger charge is 2.32. The number of pyridine rings is 1. The number of imidazole rings is 1. The molecule has 11 nitrogen and oxygen atoms in total. The minimum Gasteiger partial charge on any atom is -0.366 e. The van der Waals surface area contributed by atoms with Crippen LogP contribution in [0, 0.1) is 17.2 Å². The zero-order chi connectivity index (χ0) is 24.8. The van der Waals surface area contributed by atoms with Gasteiger partial charge in [0.2, 0.25) is 0 Å². The van der Waals surface area contributed by atoms with Crippen LogP contribution in [-0.2, 0) is 0 Å². The summed E-state index contributed by atoms with van der Waals surface area (Å²) < 4.78 is 1.94. The third-order valence-corrected chi connectivity index (χ3v) is 7.70. The van der Waals surface area contributed by atoms with Crippen molar-refractivity contribution in [2.24, 2.45) is 16.9 Å². The van der Waals surface area contributed by atoms with Crippen molar-refractivity contribution in [3.63, 3.8) is 0 Å². The highest BCUT2D eigenvalue weighted by molar-refractivity contribution is 7.12. The number of amidine groups is 1. The summed E-state index contributed by atoms with van der Waals surface area (Å²) in [6, 6.07) is 4.51. The first kappa shape index (κ1) is 22.5. The number of hydrazone groups is 1. The van der Waals surface area contributed by atoms with Crippen LogP contribution in [0.5, 0.6) is 0 Å². The lowest BCUT2D eigenvalue weighted by molar-refractivity contribution is 0.102. The van der Waals surface area contributed by atoms with Crippen LogP contribution in [0.1, 0.15) is 52.8 Å². The maximum absolute atomic E-state index is 13.1. The molecule has 6 rings (SSSR count). The van der Waals surface area contributed by atoms with Crippen molar-refractivity contribution in [3.8, 4) is 11.8 Å². The monoisotopic (exact) mass is 502 g/mol. The molecule has 0 bridgehead atoms. The Balaban J connectivity index is 1.24. The summed E-state index contributed by atoms with van der Waals surface area (Å²) >= 11 is 1.38. The third kappa shape index (κ3) is 4.26. The molecule has 2 aliphatic carbocycles. The predicted molar refractivity (Wildman–Crippen MR) is 136 cm³/mol. The van der Waals surface area contributed by atoms with Crippen molar-refractivity contribution in [1.82, 2.24) is 24.4 Å². The molecule has 0 radical (unpaired) electrons. The molecule has 12 heteroatoms. The quantitative estimate of drug-likeness (QED) is 0.217. The number of nitrogens with one attached hydrogen (secondary N) is 1. The number of nitrogens with two attached hydrogens (primary N) is 1. The molecule has 3 aliphatic rings. The summed E-state index contributed by atoms with van der Waals surface area (Å²) in [6.07, 6.45) is 10.1. The molecule has 0 spiro atoms. The van der Waals surface area contributed by atoms with Crippen LogP contribution in [0.15, 0.2) is 35.3 Å². The summed E-state index contributed by atoms with van der Waals surface area (Å²) in [4.78, 5) is 30.8. The zero-order valence-corrected chi connectivity index (χ0v) is 20.6. The van der Waals surface area contributed by atoms with E-state index < -0.39 is 0 Å². The minimum atomic E-state index is -0.359. The van der Waals surface area contributed by atoms with Gasteiger partial charge in [-0.2, -0.15) is 10.4 Å². The molecule has 1 aliphatic heterocycles. The second kappa shape index (κ2) is 8.91. The topological polar surface area (TPSA) is 141 Å². The van der Waals surface area contributed by atoms with Gasteiger partial charge in [-0.3, -0.25) is 4.79 Å². The van der Waals surface area contributed by atoms with E-state index in [0.29, 0.717) is 41.7 Å². The smallest absolute Gasteiger partial charge is 0.275 e. The van der Waals surface area contributed by atoms with Crippen LogP contribution in [-0.4, -0.2) is 62.3 Å². The number of thiazole rings is 1. The van der Waals surface area contributed by atoms with Crippen molar-refractivity contribution in [2.75, 3.05) is 30.4 Å². The molecule has 1 amide bonds. The Kier molecular flexibility index (Phi) is 5.56. The van der Waals surface area contributed by atoms with Crippen LogP contribution in [0.2, 0.25) is 0 Å². The van der Waals surface area contributed by atoms with Gasteiger partial charge in [-0.05, 0) is 31.7 Å². The van der Waals surface area contributed by atoms with Crippen LogP contribution in [0.25, 0.3) is 5.69 Å². The first-order chi connectivity index (χ1) is 17.5. The molecule has 3 fully saturated rings. The lowest BCUT2D eigenvalue weighted by Gasteiger charge is -2.38. The van der Waals surface area contributed by atoms with Gasteiger partial charge in [0.05, 0.1) is 41.6 Å². The van der Waals surface area contributed by atoms with Crippen LogP contribution < -0.4 is 16.1 Å². The molecule has 0 unspecified atom stereocenters. The van der Waals surface area contributed by atoms with Gasteiger partial charge in [-0.15, -0.1) is 11.3 Å². The van der Waals surface area contributed by atoms with E-state index in [-0.39, 0.29) is 17.5 Å². The van der Waals surface area contributed by atoms with E-state index in [9.17, 15) is 10.1 Å². The van der Waals surface area contributed by atoms with Crippen molar-refractivity contribution in [3.05, 3.63) is 46.6 Å². The number of carbonyl (C=O) groups excluding carboxylic acids is 1. The van der Waals surface area contributed by atoms with Crippen LogP contribution >= 0.6 is 11.3 Å². The van der Waals surface area contributed by atoms with Crippen LogP contribution in [0.3, 0.4) is 0 Å². The van der Waals surface area contributed by atoms with E-state index in [1.165, 1.54) is 11.3 Å².